The first-order chi connectivity index (χ1) is 14.9. The monoisotopic (exact) mass is 416 g/mol. The molecule has 158 valence electrons. The second kappa shape index (κ2) is 8.32. The zero-order chi connectivity index (χ0) is 22.1. The van der Waals surface area contributed by atoms with Gasteiger partial charge in [0.15, 0.2) is 0 Å². The molecule has 0 radical (unpaired) electrons. The van der Waals surface area contributed by atoms with Gasteiger partial charge in [0.1, 0.15) is 6.04 Å². The van der Waals surface area contributed by atoms with E-state index in [9.17, 15) is 14.4 Å². The average Bonchev–Trinajstić information content (AvgIpc) is 3.03. The molecule has 2 heterocycles. The lowest BCUT2D eigenvalue weighted by Crippen LogP contribution is -2.55. The number of amides is 3. The minimum atomic E-state index is -0.835. The van der Waals surface area contributed by atoms with E-state index in [1.807, 2.05) is 19.1 Å². The number of imide groups is 1. The third-order valence-electron chi connectivity index (χ3n) is 5.99. The summed E-state index contributed by atoms with van der Waals surface area (Å²) in [5, 5.41) is 8.91. The summed E-state index contributed by atoms with van der Waals surface area (Å²) in [7, 11) is 0. The highest BCUT2D eigenvalue weighted by molar-refractivity contribution is 6.22. The summed E-state index contributed by atoms with van der Waals surface area (Å²) in [5.41, 5.74) is 3.39. The first kappa shape index (κ1) is 20.8. The van der Waals surface area contributed by atoms with Crippen molar-refractivity contribution in [3.05, 3.63) is 70.3 Å². The Labute approximate surface area is 181 Å². The fourth-order valence-corrected chi connectivity index (χ4v) is 4.17. The summed E-state index contributed by atoms with van der Waals surface area (Å²) >= 11 is 0. The van der Waals surface area contributed by atoms with Gasteiger partial charge in [-0.2, -0.15) is 5.26 Å². The van der Waals surface area contributed by atoms with E-state index < -0.39 is 17.9 Å². The van der Waals surface area contributed by atoms with Crippen LogP contribution in [0.15, 0.2) is 42.5 Å². The second-order valence-electron chi connectivity index (χ2n) is 8.12. The number of hydrogen-bond donors (Lipinski definition) is 0. The van der Waals surface area contributed by atoms with E-state index in [1.165, 1.54) is 0 Å². The molecule has 2 aliphatic rings. The zero-order valence-electron chi connectivity index (χ0n) is 17.7. The van der Waals surface area contributed by atoms with Crippen molar-refractivity contribution < 1.29 is 14.4 Å². The van der Waals surface area contributed by atoms with Gasteiger partial charge in [-0.05, 0) is 43.7 Å². The van der Waals surface area contributed by atoms with Gasteiger partial charge in [-0.25, -0.2) is 0 Å². The highest BCUT2D eigenvalue weighted by Crippen LogP contribution is 2.26. The van der Waals surface area contributed by atoms with Crippen LogP contribution in [0.5, 0.6) is 0 Å². The molecule has 7 heteroatoms. The van der Waals surface area contributed by atoms with Crippen molar-refractivity contribution in [1.82, 2.24) is 14.7 Å². The van der Waals surface area contributed by atoms with Gasteiger partial charge >= 0.3 is 0 Å². The summed E-state index contributed by atoms with van der Waals surface area (Å²) in [6.45, 7) is 6.75. The van der Waals surface area contributed by atoms with Crippen molar-refractivity contribution in [2.24, 2.45) is 0 Å². The van der Waals surface area contributed by atoms with Gasteiger partial charge in [0.25, 0.3) is 11.8 Å². The van der Waals surface area contributed by atoms with Crippen LogP contribution in [-0.4, -0.2) is 64.6 Å². The maximum absolute atomic E-state index is 13.1. The van der Waals surface area contributed by atoms with Gasteiger partial charge in [-0.15, -0.1) is 0 Å². The van der Waals surface area contributed by atoms with Crippen LogP contribution in [0.2, 0.25) is 0 Å². The Bertz CT molecular complexity index is 1080. The number of nitrogens with zero attached hydrogens (tertiary/aromatic N) is 4. The van der Waals surface area contributed by atoms with Crippen molar-refractivity contribution in [1.29, 1.82) is 5.26 Å². The summed E-state index contributed by atoms with van der Waals surface area (Å²) in [5.74, 6) is -1.01. The minimum absolute atomic E-state index is 0.204. The number of hydrogen-bond acceptors (Lipinski definition) is 5. The third kappa shape index (κ3) is 3.94. The Morgan fingerprint density at radius 1 is 1.00 bits per heavy atom. The third-order valence-corrected chi connectivity index (χ3v) is 5.99. The summed E-state index contributed by atoms with van der Waals surface area (Å²) in [6, 6.07) is 13.9. The molecule has 0 aliphatic carbocycles. The van der Waals surface area contributed by atoms with E-state index in [0.717, 1.165) is 22.6 Å². The highest BCUT2D eigenvalue weighted by atomic mass is 16.2. The molecule has 0 spiro atoms. The number of benzene rings is 2. The Morgan fingerprint density at radius 3 is 2.29 bits per heavy atom. The number of carbonyl (C=O) groups excluding carboxylic acids is 3. The predicted octanol–water partition coefficient (Wildman–Crippen LogP) is 2.20. The van der Waals surface area contributed by atoms with E-state index in [0.29, 0.717) is 42.9 Å². The van der Waals surface area contributed by atoms with E-state index in [4.69, 9.17) is 5.26 Å². The number of nitriles is 1. The van der Waals surface area contributed by atoms with E-state index in [2.05, 4.69) is 11.0 Å². The van der Waals surface area contributed by atoms with E-state index >= 15 is 0 Å². The van der Waals surface area contributed by atoms with Crippen molar-refractivity contribution in [2.75, 3.05) is 26.2 Å². The van der Waals surface area contributed by atoms with Gasteiger partial charge in [0.2, 0.25) is 5.91 Å². The molecule has 0 saturated carbocycles. The molecule has 31 heavy (non-hydrogen) atoms. The van der Waals surface area contributed by atoms with Crippen LogP contribution in [-0.2, 0) is 11.3 Å². The SMILES string of the molecule is Cc1ccc2c(c1)C(=O)N([C@@H](C)C(=O)N1CCN(Cc3ccc(C#N)cc3)CC1)C2=O. The van der Waals surface area contributed by atoms with Crippen LogP contribution in [0.25, 0.3) is 0 Å². The van der Waals surface area contributed by atoms with Crippen LogP contribution in [0, 0.1) is 18.3 Å². The van der Waals surface area contributed by atoms with Gasteiger partial charge in [-0.3, -0.25) is 24.2 Å². The molecule has 2 aromatic rings. The Kier molecular flexibility index (Phi) is 5.57. The predicted molar refractivity (Wildman–Crippen MR) is 114 cm³/mol. The molecular formula is C24H24N4O3. The molecule has 1 fully saturated rings. The Morgan fingerprint density at radius 2 is 1.65 bits per heavy atom. The van der Waals surface area contributed by atoms with Crippen LogP contribution >= 0.6 is 0 Å². The normalized spacial score (nSPS) is 17.5. The second-order valence-corrected chi connectivity index (χ2v) is 8.12. The molecule has 7 nitrogen and oxygen atoms in total. The molecule has 0 N–H and O–H groups in total. The maximum Gasteiger partial charge on any atom is 0.262 e. The number of fused-ring (bicyclic) bond motifs is 1. The molecule has 1 saturated heterocycles. The van der Waals surface area contributed by atoms with E-state index in [1.54, 1.807) is 42.2 Å². The molecule has 1 atom stereocenters. The van der Waals surface area contributed by atoms with Gasteiger partial charge in [0.05, 0.1) is 22.8 Å². The molecular weight excluding hydrogens is 392 g/mol. The minimum Gasteiger partial charge on any atom is -0.338 e. The first-order valence-electron chi connectivity index (χ1n) is 10.4. The standard InChI is InChI=1S/C24H24N4O3/c1-16-3-8-20-21(13-16)24(31)28(23(20)30)17(2)22(29)27-11-9-26(10-12-27)15-19-6-4-18(14-25)5-7-19/h3-8,13,17H,9-12,15H2,1-2H3/t17-/m0/s1. The largest absolute Gasteiger partial charge is 0.338 e. The van der Waals surface area contributed by atoms with Crippen molar-refractivity contribution in [3.63, 3.8) is 0 Å². The smallest absolute Gasteiger partial charge is 0.262 e. The molecule has 0 unspecified atom stereocenters. The number of aryl methyl sites for hydroxylation is 1. The molecule has 3 amide bonds. The van der Waals surface area contributed by atoms with Crippen LogP contribution in [0.4, 0.5) is 0 Å². The number of carbonyl (C=O) groups is 3. The summed E-state index contributed by atoms with van der Waals surface area (Å²) in [6.07, 6.45) is 0. The molecule has 2 aromatic carbocycles. The van der Waals surface area contributed by atoms with Gasteiger partial charge in [0, 0.05) is 32.7 Å². The Hall–Kier alpha value is -3.50. The first-order valence-corrected chi connectivity index (χ1v) is 10.4. The van der Waals surface area contributed by atoms with Crippen molar-refractivity contribution >= 4 is 17.7 Å². The maximum atomic E-state index is 13.1. The Balaban J connectivity index is 1.37. The fourth-order valence-electron chi connectivity index (χ4n) is 4.17. The molecule has 0 bridgehead atoms. The lowest BCUT2D eigenvalue weighted by molar-refractivity contribution is -0.136. The molecule has 4 rings (SSSR count). The summed E-state index contributed by atoms with van der Waals surface area (Å²) in [4.78, 5) is 43.7. The molecule has 0 aromatic heterocycles. The highest BCUT2D eigenvalue weighted by Gasteiger charge is 2.42. The van der Waals surface area contributed by atoms with Crippen LogP contribution in [0.1, 0.15) is 44.3 Å². The average molecular weight is 416 g/mol. The topological polar surface area (TPSA) is 84.7 Å². The number of rotatable bonds is 4. The zero-order valence-corrected chi connectivity index (χ0v) is 17.7. The lowest BCUT2D eigenvalue weighted by atomic mass is 10.1. The van der Waals surface area contributed by atoms with E-state index in [-0.39, 0.29) is 5.91 Å². The molecule has 2 aliphatic heterocycles. The number of piperazine rings is 1. The summed E-state index contributed by atoms with van der Waals surface area (Å²) < 4.78 is 0. The quantitative estimate of drug-likeness (QED) is 0.714. The van der Waals surface area contributed by atoms with Crippen LogP contribution in [0.3, 0.4) is 0 Å². The van der Waals surface area contributed by atoms with Crippen molar-refractivity contribution in [2.45, 2.75) is 26.4 Å². The van der Waals surface area contributed by atoms with Gasteiger partial charge < -0.3 is 4.90 Å². The lowest BCUT2D eigenvalue weighted by Gasteiger charge is -2.37. The van der Waals surface area contributed by atoms with Gasteiger partial charge in [-0.1, -0.05) is 23.8 Å². The van der Waals surface area contributed by atoms with Crippen molar-refractivity contribution in [3.8, 4) is 6.07 Å². The van der Waals surface area contributed by atoms with Crippen LogP contribution < -0.4 is 0 Å². The fraction of sp³-hybridized carbons (Fsp3) is 0.333.